The van der Waals surface area contributed by atoms with Crippen LogP contribution in [0.15, 0.2) is 30.3 Å². The van der Waals surface area contributed by atoms with E-state index >= 15 is 0 Å². The summed E-state index contributed by atoms with van der Waals surface area (Å²) in [6.45, 7) is 1.69. The summed E-state index contributed by atoms with van der Waals surface area (Å²) in [7, 11) is 1.55. The fourth-order valence-electron chi connectivity index (χ4n) is 1.80. The first kappa shape index (κ1) is 15.0. The number of amides is 1. The van der Waals surface area contributed by atoms with Gasteiger partial charge >= 0.3 is 5.97 Å². The highest BCUT2D eigenvalue weighted by Gasteiger charge is 2.23. The number of likely N-dealkylation sites (N-methyl/N-ethyl adjacent to an activating group) is 1. The molecule has 0 bridgehead atoms. The lowest BCUT2D eigenvalue weighted by Gasteiger charge is -2.16. The summed E-state index contributed by atoms with van der Waals surface area (Å²) in [6, 6.07) is 9.33. The zero-order chi connectivity index (χ0) is 15.4. The Kier molecular flexibility index (Phi) is 4.54. The SMILES string of the molecule is Cc1nsc(N(C)C(=O)CNc2ccccc2)c1C(=O)O. The van der Waals surface area contributed by atoms with Crippen LogP contribution in [-0.4, -0.2) is 34.9 Å². The number of rotatable bonds is 5. The standard InChI is InChI=1S/C14H15N3O3S/c1-9-12(14(19)20)13(21-16-9)17(2)11(18)8-15-10-6-4-3-5-7-10/h3-7,15H,8H2,1-2H3,(H,19,20). The highest BCUT2D eigenvalue weighted by atomic mass is 32.1. The van der Waals surface area contributed by atoms with Gasteiger partial charge in [-0.3, -0.25) is 4.79 Å². The van der Waals surface area contributed by atoms with Crippen molar-refractivity contribution >= 4 is 34.1 Å². The number of carbonyl (C=O) groups excluding carboxylic acids is 1. The number of carboxylic acids is 1. The predicted octanol–water partition coefficient (Wildman–Crippen LogP) is 2.22. The number of aryl methyl sites for hydroxylation is 1. The highest BCUT2D eigenvalue weighted by Crippen LogP contribution is 2.27. The second kappa shape index (κ2) is 6.36. The Bertz CT molecular complexity index is 655. The summed E-state index contributed by atoms with van der Waals surface area (Å²) in [6.07, 6.45) is 0. The third-order valence-corrected chi connectivity index (χ3v) is 3.97. The minimum Gasteiger partial charge on any atom is -0.478 e. The summed E-state index contributed by atoms with van der Waals surface area (Å²) < 4.78 is 4.01. The van der Waals surface area contributed by atoms with Crippen molar-refractivity contribution in [3.8, 4) is 0 Å². The van der Waals surface area contributed by atoms with E-state index in [9.17, 15) is 14.7 Å². The topological polar surface area (TPSA) is 82.5 Å². The van der Waals surface area contributed by atoms with Gasteiger partial charge in [-0.05, 0) is 30.6 Å². The maximum atomic E-state index is 12.2. The fourth-order valence-corrected chi connectivity index (χ4v) is 2.66. The van der Waals surface area contributed by atoms with Crippen molar-refractivity contribution < 1.29 is 14.7 Å². The first-order valence-corrected chi connectivity index (χ1v) is 7.03. The Hall–Kier alpha value is -2.41. The van der Waals surface area contributed by atoms with Gasteiger partial charge < -0.3 is 15.3 Å². The summed E-state index contributed by atoms with van der Waals surface area (Å²) in [5.41, 5.74) is 1.33. The average Bonchev–Trinajstić information content (AvgIpc) is 2.87. The molecule has 21 heavy (non-hydrogen) atoms. The molecular formula is C14H15N3O3S. The van der Waals surface area contributed by atoms with Gasteiger partial charge in [0.15, 0.2) is 0 Å². The molecule has 2 rings (SSSR count). The number of anilines is 2. The van der Waals surface area contributed by atoms with Gasteiger partial charge in [-0.2, -0.15) is 4.37 Å². The van der Waals surface area contributed by atoms with Crippen LogP contribution in [-0.2, 0) is 4.79 Å². The molecule has 110 valence electrons. The Labute approximate surface area is 126 Å². The van der Waals surface area contributed by atoms with E-state index in [0.29, 0.717) is 10.7 Å². The first-order valence-electron chi connectivity index (χ1n) is 6.25. The third kappa shape index (κ3) is 3.38. The van der Waals surface area contributed by atoms with Crippen LogP contribution in [0.4, 0.5) is 10.7 Å². The second-order valence-corrected chi connectivity index (χ2v) is 5.18. The monoisotopic (exact) mass is 305 g/mol. The smallest absolute Gasteiger partial charge is 0.340 e. The highest BCUT2D eigenvalue weighted by molar-refractivity contribution is 7.11. The molecule has 1 aromatic carbocycles. The van der Waals surface area contributed by atoms with E-state index in [1.807, 2.05) is 30.3 Å². The molecule has 0 radical (unpaired) electrons. The molecule has 2 aromatic rings. The molecule has 0 aliphatic carbocycles. The molecule has 0 unspecified atom stereocenters. The fraction of sp³-hybridized carbons (Fsp3) is 0.214. The zero-order valence-electron chi connectivity index (χ0n) is 11.7. The number of para-hydroxylation sites is 1. The van der Waals surface area contributed by atoms with Crippen LogP contribution in [0.2, 0.25) is 0 Å². The molecule has 1 amide bonds. The molecule has 7 heteroatoms. The average molecular weight is 305 g/mol. The maximum absolute atomic E-state index is 12.2. The van der Waals surface area contributed by atoms with Crippen LogP contribution < -0.4 is 10.2 Å². The molecule has 1 aromatic heterocycles. The molecule has 0 aliphatic heterocycles. The number of aromatic carboxylic acids is 1. The number of carboxylic acid groups (broad SMARTS) is 1. The van der Waals surface area contributed by atoms with Crippen molar-refractivity contribution in [3.63, 3.8) is 0 Å². The van der Waals surface area contributed by atoms with Gasteiger partial charge in [0.1, 0.15) is 10.6 Å². The molecule has 0 aliphatic rings. The van der Waals surface area contributed by atoms with Crippen molar-refractivity contribution in [1.29, 1.82) is 0 Å². The summed E-state index contributed by atoms with van der Waals surface area (Å²) in [4.78, 5) is 24.7. The lowest BCUT2D eigenvalue weighted by atomic mass is 10.2. The number of benzene rings is 1. The minimum atomic E-state index is -1.08. The van der Waals surface area contributed by atoms with E-state index in [4.69, 9.17) is 0 Å². The van der Waals surface area contributed by atoms with Gasteiger partial charge in [-0.15, -0.1) is 0 Å². The van der Waals surface area contributed by atoms with Crippen molar-refractivity contribution in [3.05, 3.63) is 41.6 Å². The zero-order valence-corrected chi connectivity index (χ0v) is 12.5. The van der Waals surface area contributed by atoms with E-state index in [1.54, 1.807) is 14.0 Å². The van der Waals surface area contributed by atoms with Crippen LogP contribution in [0, 0.1) is 6.92 Å². The van der Waals surface area contributed by atoms with Crippen molar-refractivity contribution in [2.75, 3.05) is 23.8 Å². The third-order valence-electron chi connectivity index (χ3n) is 2.95. The number of hydrogen-bond acceptors (Lipinski definition) is 5. The second-order valence-electron chi connectivity index (χ2n) is 4.43. The molecule has 0 atom stereocenters. The normalized spacial score (nSPS) is 10.2. The van der Waals surface area contributed by atoms with E-state index in [-0.39, 0.29) is 18.0 Å². The van der Waals surface area contributed by atoms with Crippen LogP contribution >= 0.6 is 11.5 Å². The molecule has 1 heterocycles. The van der Waals surface area contributed by atoms with Gasteiger partial charge in [0, 0.05) is 12.7 Å². The number of nitrogens with zero attached hydrogens (tertiary/aromatic N) is 2. The van der Waals surface area contributed by atoms with Crippen molar-refractivity contribution in [1.82, 2.24) is 4.37 Å². The van der Waals surface area contributed by atoms with Crippen LogP contribution in [0.3, 0.4) is 0 Å². The maximum Gasteiger partial charge on any atom is 0.340 e. The Morgan fingerprint density at radius 2 is 2.00 bits per heavy atom. The first-order chi connectivity index (χ1) is 10.0. The molecule has 0 saturated carbocycles. The number of aromatic nitrogens is 1. The molecule has 6 nitrogen and oxygen atoms in total. The molecule has 0 spiro atoms. The molecule has 0 saturated heterocycles. The molecule has 0 fully saturated rings. The largest absolute Gasteiger partial charge is 0.478 e. The Balaban J connectivity index is 2.08. The van der Waals surface area contributed by atoms with E-state index in [2.05, 4.69) is 9.69 Å². The van der Waals surface area contributed by atoms with E-state index in [0.717, 1.165) is 17.2 Å². The number of hydrogen-bond donors (Lipinski definition) is 2. The van der Waals surface area contributed by atoms with Crippen LogP contribution in [0.5, 0.6) is 0 Å². The summed E-state index contributed by atoms with van der Waals surface area (Å²) >= 11 is 1.01. The molecular weight excluding hydrogens is 290 g/mol. The van der Waals surface area contributed by atoms with Crippen molar-refractivity contribution in [2.45, 2.75) is 6.92 Å². The van der Waals surface area contributed by atoms with Gasteiger partial charge in [0.25, 0.3) is 0 Å². The van der Waals surface area contributed by atoms with Gasteiger partial charge in [-0.25, -0.2) is 4.79 Å². The Morgan fingerprint density at radius 1 is 1.33 bits per heavy atom. The number of carbonyl (C=O) groups is 2. The Morgan fingerprint density at radius 3 is 2.62 bits per heavy atom. The van der Waals surface area contributed by atoms with Gasteiger partial charge in [-0.1, -0.05) is 18.2 Å². The van der Waals surface area contributed by atoms with Crippen LogP contribution in [0.1, 0.15) is 16.1 Å². The minimum absolute atomic E-state index is 0.0792. The van der Waals surface area contributed by atoms with E-state index < -0.39 is 5.97 Å². The quantitative estimate of drug-likeness (QED) is 0.885. The number of nitrogens with one attached hydrogen (secondary N) is 1. The lowest BCUT2D eigenvalue weighted by Crippen LogP contribution is -2.32. The molecule has 2 N–H and O–H groups in total. The summed E-state index contributed by atoms with van der Waals surface area (Å²) in [5.74, 6) is -1.31. The summed E-state index contributed by atoms with van der Waals surface area (Å²) in [5, 5.41) is 12.5. The lowest BCUT2D eigenvalue weighted by molar-refractivity contribution is -0.116. The van der Waals surface area contributed by atoms with Gasteiger partial charge in [0.05, 0.1) is 12.2 Å². The van der Waals surface area contributed by atoms with Crippen LogP contribution in [0.25, 0.3) is 0 Å². The van der Waals surface area contributed by atoms with Gasteiger partial charge in [0.2, 0.25) is 5.91 Å². The van der Waals surface area contributed by atoms with E-state index in [1.165, 1.54) is 4.90 Å². The predicted molar refractivity (Wildman–Crippen MR) is 82.2 cm³/mol. The van der Waals surface area contributed by atoms with Crippen molar-refractivity contribution in [2.24, 2.45) is 0 Å².